The van der Waals surface area contributed by atoms with Gasteiger partial charge < -0.3 is 15.1 Å². The maximum Gasteiger partial charge on any atom is 0.322 e. The van der Waals surface area contributed by atoms with Crippen molar-refractivity contribution in [3.63, 3.8) is 0 Å². The summed E-state index contributed by atoms with van der Waals surface area (Å²) in [5.74, 6) is 0.265. The Labute approximate surface area is 111 Å². The summed E-state index contributed by atoms with van der Waals surface area (Å²) in [6.45, 7) is 5.14. The summed E-state index contributed by atoms with van der Waals surface area (Å²) < 4.78 is 5.11. The summed E-state index contributed by atoms with van der Waals surface area (Å²) in [5.41, 5.74) is 5.75. The van der Waals surface area contributed by atoms with Gasteiger partial charge in [-0.25, -0.2) is 0 Å². The average molecular weight is 268 g/mol. The number of carbonyl (C=O) groups is 1. The van der Waals surface area contributed by atoms with Crippen LogP contribution in [0.5, 0.6) is 0 Å². The molecule has 1 saturated heterocycles. The van der Waals surface area contributed by atoms with Gasteiger partial charge in [0.15, 0.2) is 0 Å². The highest BCUT2D eigenvalue weighted by molar-refractivity contribution is 5.90. The number of carbonyl (C=O) groups excluding carboxylic acids is 1. The molecule has 0 aliphatic carbocycles. The Bertz CT molecular complexity index is 435. The van der Waals surface area contributed by atoms with E-state index in [1.807, 2.05) is 0 Å². The van der Waals surface area contributed by atoms with Crippen molar-refractivity contribution in [2.75, 3.05) is 45.1 Å². The Morgan fingerprint density at radius 1 is 1.53 bits per heavy atom. The summed E-state index contributed by atoms with van der Waals surface area (Å²) in [4.78, 5) is 16.2. The number of likely N-dealkylation sites (N-methyl/N-ethyl adjacent to an activating group) is 1. The smallest absolute Gasteiger partial charge is 0.322 e. The van der Waals surface area contributed by atoms with E-state index in [-0.39, 0.29) is 24.5 Å². The van der Waals surface area contributed by atoms with Crippen molar-refractivity contribution in [1.82, 2.24) is 20.0 Å². The molecular formula is C11H20N6O2. The molecule has 1 fully saturated rings. The first-order chi connectivity index (χ1) is 9.08. The summed E-state index contributed by atoms with van der Waals surface area (Å²) in [6.07, 6.45) is 0. The lowest BCUT2D eigenvalue weighted by molar-refractivity contribution is -0.118. The van der Waals surface area contributed by atoms with Crippen LogP contribution in [0.1, 0.15) is 5.89 Å². The van der Waals surface area contributed by atoms with E-state index < -0.39 is 0 Å². The fourth-order valence-corrected chi connectivity index (χ4v) is 2.17. The van der Waals surface area contributed by atoms with Gasteiger partial charge in [0.1, 0.15) is 0 Å². The van der Waals surface area contributed by atoms with Gasteiger partial charge >= 0.3 is 6.01 Å². The molecule has 8 nitrogen and oxygen atoms in total. The molecule has 0 bridgehead atoms. The van der Waals surface area contributed by atoms with Crippen LogP contribution in [0.15, 0.2) is 4.42 Å². The average Bonchev–Trinajstić information content (AvgIpc) is 2.76. The molecule has 1 atom stereocenters. The third-order valence-corrected chi connectivity index (χ3v) is 3.20. The molecule has 1 amide bonds. The van der Waals surface area contributed by atoms with Gasteiger partial charge in [-0.3, -0.25) is 15.0 Å². The summed E-state index contributed by atoms with van der Waals surface area (Å²) in [6, 6.07) is 0.342. The SMILES string of the molecule is Cc1nnc(NC(=O)CN2CCN(C)CC2CN)o1. The molecule has 8 heteroatoms. The Kier molecular flexibility index (Phi) is 4.46. The Balaban J connectivity index is 1.87. The number of anilines is 1. The fraction of sp³-hybridized carbons (Fsp3) is 0.727. The third kappa shape index (κ3) is 3.72. The highest BCUT2D eigenvalue weighted by Crippen LogP contribution is 2.08. The molecule has 2 rings (SSSR count). The van der Waals surface area contributed by atoms with E-state index in [4.69, 9.17) is 10.2 Å². The van der Waals surface area contributed by atoms with E-state index in [9.17, 15) is 4.79 Å². The van der Waals surface area contributed by atoms with Crippen LogP contribution in [-0.4, -0.2) is 71.7 Å². The molecule has 19 heavy (non-hydrogen) atoms. The Morgan fingerprint density at radius 2 is 2.32 bits per heavy atom. The van der Waals surface area contributed by atoms with Crippen molar-refractivity contribution < 1.29 is 9.21 Å². The van der Waals surface area contributed by atoms with E-state index in [2.05, 4.69) is 32.4 Å². The van der Waals surface area contributed by atoms with Gasteiger partial charge in [-0.1, -0.05) is 5.10 Å². The van der Waals surface area contributed by atoms with Crippen molar-refractivity contribution in [1.29, 1.82) is 0 Å². The zero-order chi connectivity index (χ0) is 13.8. The highest BCUT2D eigenvalue weighted by atomic mass is 16.4. The van der Waals surface area contributed by atoms with Crippen molar-refractivity contribution in [3.8, 4) is 0 Å². The zero-order valence-electron chi connectivity index (χ0n) is 11.3. The number of aromatic nitrogens is 2. The van der Waals surface area contributed by atoms with Crippen LogP contribution in [0.25, 0.3) is 0 Å². The first-order valence-electron chi connectivity index (χ1n) is 6.31. The third-order valence-electron chi connectivity index (χ3n) is 3.20. The normalized spacial score (nSPS) is 21.5. The van der Waals surface area contributed by atoms with E-state index in [1.54, 1.807) is 6.92 Å². The lowest BCUT2D eigenvalue weighted by Gasteiger charge is -2.38. The quantitative estimate of drug-likeness (QED) is 0.714. The Morgan fingerprint density at radius 3 is 2.95 bits per heavy atom. The first kappa shape index (κ1) is 13.9. The number of rotatable bonds is 4. The second-order valence-corrected chi connectivity index (χ2v) is 4.80. The number of nitrogens with zero attached hydrogens (tertiary/aromatic N) is 4. The molecule has 1 aliphatic heterocycles. The fourth-order valence-electron chi connectivity index (χ4n) is 2.17. The van der Waals surface area contributed by atoms with Crippen LogP contribution in [0.2, 0.25) is 0 Å². The molecule has 1 unspecified atom stereocenters. The number of piperazine rings is 1. The molecule has 0 saturated carbocycles. The van der Waals surface area contributed by atoms with Crippen molar-refractivity contribution in [3.05, 3.63) is 5.89 Å². The van der Waals surface area contributed by atoms with Gasteiger partial charge in [-0.15, -0.1) is 5.10 Å². The second-order valence-electron chi connectivity index (χ2n) is 4.80. The van der Waals surface area contributed by atoms with Crippen LogP contribution in [0.3, 0.4) is 0 Å². The molecule has 106 valence electrons. The lowest BCUT2D eigenvalue weighted by atomic mass is 10.1. The second kappa shape index (κ2) is 6.09. The number of nitrogens with two attached hydrogens (primary N) is 1. The van der Waals surface area contributed by atoms with Crippen LogP contribution in [0.4, 0.5) is 6.01 Å². The van der Waals surface area contributed by atoms with Crippen molar-refractivity contribution >= 4 is 11.9 Å². The topological polar surface area (TPSA) is 101 Å². The van der Waals surface area contributed by atoms with E-state index >= 15 is 0 Å². The standard InChI is InChI=1S/C11H20N6O2/c1-8-14-15-11(19-8)13-10(18)7-17-4-3-16(2)6-9(17)5-12/h9H,3-7,12H2,1-2H3,(H,13,15,18). The van der Waals surface area contributed by atoms with Gasteiger partial charge in [0.05, 0.1) is 6.54 Å². The maximum absolute atomic E-state index is 11.9. The lowest BCUT2D eigenvalue weighted by Crippen LogP contribution is -2.56. The van der Waals surface area contributed by atoms with Gasteiger partial charge in [-0.2, -0.15) is 0 Å². The molecule has 3 N–H and O–H groups in total. The number of hydrogen-bond acceptors (Lipinski definition) is 7. The maximum atomic E-state index is 11.9. The van der Waals surface area contributed by atoms with Crippen molar-refractivity contribution in [2.45, 2.75) is 13.0 Å². The van der Waals surface area contributed by atoms with Crippen LogP contribution in [0, 0.1) is 6.92 Å². The molecule has 1 aromatic rings. The summed E-state index contributed by atoms with van der Waals surface area (Å²) in [5, 5.41) is 9.98. The first-order valence-corrected chi connectivity index (χ1v) is 6.31. The van der Waals surface area contributed by atoms with Gasteiger partial charge in [-0.05, 0) is 7.05 Å². The molecule has 0 radical (unpaired) electrons. The number of amides is 1. The molecule has 2 heterocycles. The molecule has 0 spiro atoms. The van der Waals surface area contributed by atoms with E-state index in [0.717, 1.165) is 19.6 Å². The Hall–Kier alpha value is -1.51. The van der Waals surface area contributed by atoms with Crippen LogP contribution < -0.4 is 11.1 Å². The molecular weight excluding hydrogens is 248 g/mol. The molecule has 1 aliphatic rings. The zero-order valence-corrected chi connectivity index (χ0v) is 11.3. The predicted molar refractivity (Wildman–Crippen MR) is 69.6 cm³/mol. The van der Waals surface area contributed by atoms with E-state index in [0.29, 0.717) is 12.4 Å². The number of hydrogen-bond donors (Lipinski definition) is 2. The monoisotopic (exact) mass is 268 g/mol. The van der Waals surface area contributed by atoms with Gasteiger partial charge in [0.2, 0.25) is 11.8 Å². The minimum atomic E-state index is -0.161. The highest BCUT2D eigenvalue weighted by Gasteiger charge is 2.25. The predicted octanol–water partition coefficient (Wildman–Crippen LogP) is -1.11. The van der Waals surface area contributed by atoms with Crippen LogP contribution in [-0.2, 0) is 4.79 Å². The van der Waals surface area contributed by atoms with Gasteiger partial charge in [0, 0.05) is 39.1 Å². The largest absolute Gasteiger partial charge is 0.408 e. The number of aryl methyl sites for hydroxylation is 1. The molecule has 1 aromatic heterocycles. The minimum absolute atomic E-state index is 0.140. The van der Waals surface area contributed by atoms with Gasteiger partial charge in [0.25, 0.3) is 0 Å². The summed E-state index contributed by atoms with van der Waals surface area (Å²) >= 11 is 0. The van der Waals surface area contributed by atoms with Crippen LogP contribution >= 0.6 is 0 Å². The summed E-state index contributed by atoms with van der Waals surface area (Å²) in [7, 11) is 2.06. The molecule has 0 aromatic carbocycles. The minimum Gasteiger partial charge on any atom is -0.408 e. The van der Waals surface area contributed by atoms with Crippen molar-refractivity contribution in [2.24, 2.45) is 5.73 Å². The van der Waals surface area contributed by atoms with E-state index in [1.165, 1.54) is 0 Å². The number of nitrogens with one attached hydrogen (secondary N) is 1.